The molecule has 0 unspecified atom stereocenters. The summed E-state index contributed by atoms with van der Waals surface area (Å²) in [7, 11) is 0. The highest BCUT2D eigenvalue weighted by molar-refractivity contribution is 6.22. The molecule has 0 saturated carbocycles. The monoisotopic (exact) mass is 417 g/mol. The Morgan fingerprint density at radius 1 is 0.759 bits per heavy atom. The summed E-state index contributed by atoms with van der Waals surface area (Å²) in [6.07, 6.45) is -8.43. The number of nitrogens with zero attached hydrogens (tertiary/aromatic N) is 1. The van der Waals surface area contributed by atoms with Crippen LogP contribution in [0, 0.1) is 0 Å². The first kappa shape index (κ1) is 20.2. The van der Waals surface area contributed by atoms with E-state index in [1.54, 1.807) is 12.1 Å². The molecular formula is C18H9F6NO4. The third kappa shape index (κ3) is 4.68. The highest BCUT2D eigenvalue weighted by Crippen LogP contribution is 2.36. The summed E-state index contributed by atoms with van der Waals surface area (Å²) in [5, 5.41) is 0. The van der Waals surface area contributed by atoms with Gasteiger partial charge in [-0.15, -0.1) is 26.3 Å². The van der Waals surface area contributed by atoms with Crippen LogP contribution in [0.15, 0.2) is 48.7 Å². The largest absolute Gasteiger partial charge is 0.573 e. The van der Waals surface area contributed by atoms with Crippen molar-refractivity contribution < 1.29 is 45.4 Å². The van der Waals surface area contributed by atoms with Crippen LogP contribution in [-0.4, -0.2) is 29.4 Å². The van der Waals surface area contributed by atoms with Gasteiger partial charge in [0.15, 0.2) is 11.5 Å². The van der Waals surface area contributed by atoms with E-state index in [4.69, 9.17) is 0 Å². The normalized spacial score (nSPS) is 14.5. The van der Waals surface area contributed by atoms with Gasteiger partial charge in [0.25, 0.3) is 11.8 Å². The standard InChI is InChI=1S/C18H9F6NO4/c19-17(20,21)28-13-6-5-10(9-14(13)29-18(22,23)24)7-8-25-15(26)11-3-1-2-4-12(11)16(25)27/h1-9H. The number of rotatable bonds is 4. The predicted molar refractivity (Wildman–Crippen MR) is 85.8 cm³/mol. The smallest absolute Gasteiger partial charge is 0.402 e. The van der Waals surface area contributed by atoms with Crippen molar-refractivity contribution in [1.29, 1.82) is 0 Å². The maximum Gasteiger partial charge on any atom is 0.573 e. The first-order valence-electron chi connectivity index (χ1n) is 7.75. The highest BCUT2D eigenvalue weighted by Gasteiger charge is 2.37. The van der Waals surface area contributed by atoms with E-state index in [0.29, 0.717) is 12.1 Å². The molecule has 0 saturated heterocycles. The third-order valence-electron chi connectivity index (χ3n) is 3.66. The summed E-state index contributed by atoms with van der Waals surface area (Å²) >= 11 is 0. The van der Waals surface area contributed by atoms with Gasteiger partial charge in [-0.2, -0.15) is 0 Å². The van der Waals surface area contributed by atoms with Crippen LogP contribution in [0.4, 0.5) is 26.3 Å². The van der Waals surface area contributed by atoms with Gasteiger partial charge in [-0.05, 0) is 35.9 Å². The molecule has 2 amide bonds. The molecule has 152 valence electrons. The zero-order chi connectivity index (χ0) is 21.4. The molecule has 0 aromatic heterocycles. The van der Waals surface area contributed by atoms with E-state index in [0.717, 1.165) is 23.2 Å². The maximum absolute atomic E-state index is 12.5. The van der Waals surface area contributed by atoms with E-state index < -0.39 is 36.0 Å². The lowest BCUT2D eigenvalue weighted by Gasteiger charge is -2.16. The lowest BCUT2D eigenvalue weighted by Crippen LogP contribution is -2.23. The lowest BCUT2D eigenvalue weighted by molar-refractivity contribution is -0.287. The van der Waals surface area contributed by atoms with Crippen molar-refractivity contribution in [1.82, 2.24) is 4.90 Å². The Hall–Kier alpha value is -3.50. The molecule has 29 heavy (non-hydrogen) atoms. The van der Waals surface area contributed by atoms with Gasteiger partial charge < -0.3 is 9.47 Å². The van der Waals surface area contributed by atoms with Crippen LogP contribution in [0.2, 0.25) is 0 Å². The fourth-order valence-electron chi connectivity index (χ4n) is 2.55. The summed E-state index contributed by atoms with van der Waals surface area (Å²) < 4.78 is 81.7. The Balaban J connectivity index is 1.89. The molecule has 2 aromatic rings. The number of amides is 2. The highest BCUT2D eigenvalue weighted by atomic mass is 19.4. The quantitative estimate of drug-likeness (QED) is 0.532. The molecule has 0 bridgehead atoms. The number of alkyl halides is 6. The maximum atomic E-state index is 12.5. The van der Waals surface area contributed by atoms with Gasteiger partial charge in [0.05, 0.1) is 11.1 Å². The molecule has 0 fully saturated rings. The first-order valence-corrected chi connectivity index (χ1v) is 7.75. The number of carbonyl (C=O) groups excluding carboxylic acids is 2. The summed E-state index contributed by atoms with van der Waals surface area (Å²) in [4.78, 5) is 25.2. The zero-order valence-corrected chi connectivity index (χ0v) is 14.0. The van der Waals surface area contributed by atoms with Crippen LogP contribution in [0.1, 0.15) is 26.3 Å². The molecule has 1 aliphatic rings. The number of imide groups is 1. The molecule has 1 aliphatic heterocycles. The zero-order valence-electron chi connectivity index (χ0n) is 14.0. The van der Waals surface area contributed by atoms with E-state index in [1.165, 1.54) is 12.1 Å². The number of carbonyl (C=O) groups is 2. The van der Waals surface area contributed by atoms with Gasteiger partial charge in [-0.25, -0.2) is 4.90 Å². The van der Waals surface area contributed by atoms with Gasteiger partial charge in [-0.3, -0.25) is 9.59 Å². The van der Waals surface area contributed by atoms with Crippen LogP contribution in [-0.2, 0) is 0 Å². The van der Waals surface area contributed by atoms with E-state index in [-0.39, 0.29) is 16.7 Å². The van der Waals surface area contributed by atoms with Crippen molar-refractivity contribution in [2.75, 3.05) is 0 Å². The van der Waals surface area contributed by atoms with E-state index in [2.05, 4.69) is 9.47 Å². The molecule has 2 aromatic carbocycles. The average molecular weight is 417 g/mol. The van der Waals surface area contributed by atoms with Crippen LogP contribution in [0.5, 0.6) is 11.5 Å². The van der Waals surface area contributed by atoms with E-state index in [9.17, 15) is 35.9 Å². The molecule has 0 atom stereocenters. The van der Waals surface area contributed by atoms with Crippen LogP contribution < -0.4 is 9.47 Å². The summed E-state index contributed by atoms with van der Waals surface area (Å²) in [6, 6.07) is 8.22. The molecule has 1 heterocycles. The number of hydrogen-bond acceptors (Lipinski definition) is 4. The fourth-order valence-corrected chi connectivity index (χ4v) is 2.55. The SMILES string of the molecule is O=C1c2ccccc2C(=O)N1C=Cc1ccc(OC(F)(F)F)c(OC(F)(F)F)c1. The number of halogens is 6. The molecular weight excluding hydrogens is 408 g/mol. The van der Waals surface area contributed by atoms with Crippen LogP contribution >= 0.6 is 0 Å². The van der Waals surface area contributed by atoms with Crippen molar-refractivity contribution in [2.24, 2.45) is 0 Å². The second kappa shape index (κ2) is 7.15. The van der Waals surface area contributed by atoms with Crippen molar-refractivity contribution >= 4 is 17.9 Å². The second-order valence-corrected chi connectivity index (χ2v) is 5.64. The molecule has 11 heteroatoms. The van der Waals surface area contributed by atoms with Crippen molar-refractivity contribution in [3.05, 3.63) is 65.4 Å². The van der Waals surface area contributed by atoms with E-state index >= 15 is 0 Å². The fraction of sp³-hybridized carbons (Fsp3) is 0.111. The first-order chi connectivity index (χ1) is 13.4. The second-order valence-electron chi connectivity index (χ2n) is 5.64. The Morgan fingerprint density at radius 3 is 1.79 bits per heavy atom. The Labute approximate surface area is 158 Å². The minimum Gasteiger partial charge on any atom is -0.402 e. The summed E-state index contributed by atoms with van der Waals surface area (Å²) in [6.45, 7) is 0. The number of ether oxygens (including phenoxy) is 2. The minimum atomic E-state index is -5.27. The minimum absolute atomic E-state index is 0.0738. The average Bonchev–Trinajstić information content (AvgIpc) is 2.84. The van der Waals surface area contributed by atoms with Crippen LogP contribution in [0.3, 0.4) is 0 Å². The van der Waals surface area contributed by atoms with Crippen molar-refractivity contribution in [3.63, 3.8) is 0 Å². The molecule has 3 rings (SSSR count). The van der Waals surface area contributed by atoms with E-state index in [1.807, 2.05) is 0 Å². The van der Waals surface area contributed by atoms with Crippen LogP contribution in [0.25, 0.3) is 6.08 Å². The molecule has 0 N–H and O–H groups in total. The summed E-state index contributed by atoms with van der Waals surface area (Å²) in [5.41, 5.74) is 0.227. The molecule has 5 nitrogen and oxygen atoms in total. The molecule has 0 aliphatic carbocycles. The lowest BCUT2D eigenvalue weighted by atomic mass is 10.1. The van der Waals surface area contributed by atoms with Crippen molar-refractivity contribution in [3.8, 4) is 11.5 Å². The Kier molecular flexibility index (Phi) is 4.99. The van der Waals surface area contributed by atoms with Gasteiger partial charge in [-0.1, -0.05) is 18.2 Å². The third-order valence-corrected chi connectivity index (χ3v) is 3.66. The van der Waals surface area contributed by atoms with Gasteiger partial charge in [0.2, 0.25) is 0 Å². The molecule has 0 spiro atoms. The van der Waals surface area contributed by atoms with Gasteiger partial charge in [0, 0.05) is 6.20 Å². The van der Waals surface area contributed by atoms with Gasteiger partial charge >= 0.3 is 12.7 Å². The number of benzene rings is 2. The van der Waals surface area contributed by atoms with Crippen molar-refractivity contribution in [2.45, 2.75) is 12.7 Å². The molecule has 0 radical (unpaired) electrons. The van der Waals surface area contributed by atoms with Gasteiger partial charge in [0.1, 0.15) is 0 Å². The summed E-state index contributed by atoms with van der Waals surface area (Å²) in [5.74, 6) is -3.73. The number of hydrogen-bond donors (Lipinski definition) is 0. The Bertz CT molecular complexity index is 962. The predicted octanol–water partition coefficient (Wildman–Crippen LogP) is 4.75. The number of fused-ring (bicyclic) bond motifs is 1. The Morgan fingerprint density at radius 2 is 1.28 bits per heavy atom. The topological polar surface area (TPSA) is 55.8 Å².